The second-order valence-electron chi connectivity index (χ2n) is 6.41. The molecule has 1 N–H and O–H groups in total. The number of rotatable bonds is 3. The number of nitrogens with zero attached hydrogens (tertiary/aromatic N) is 3. The van der Waals surface area contributed by atoms with E-state index >= 15 is 0 Å². The van der Waals surface area contributed by atoms with Gasteiger partial charge in [-0.15, -0.1) is 11.3 Å². The lowest BCUT2D eigenvalue weighted by atomic mass is 9.86. The van der Waals surface area contributed by atoms with Crippen LogP contribution in [0.1, 0.15) is 37.6 Å². The Hall–Kier alpha value is -1.68. The number of likely N-dealkylation sites (tertiary alicyclic amines) is 2. The van der Waals surface area contributed by atoms with Crippen molar-refractivity contribution in [2.24, 2.45) is 0 Å². The van der Waals surface area contributed by atoms with Gasteiger partial charge in [-0.05, 0) is 32.7 Å². The van der Waals surface area contributed by atoms with Crippen LogP contribution in [-0.2, 0) is 16.1 Å². The van der Waals surface area contributed by atoms with Crippen molar-refractivity contribution < 1.29 is 27.9 Å². The lowest BCUT2D eigenvalue weighted by Gasteiger charge is -2.45. The molecule has 26 heavy (non-hydrogen) atoms. The largest absolute Gasteiger partial charge is 0.490 e. The number of carbonyl (C=O) groups excluding carboxylic acids is 1. The third-order valence-electron chi connectivity index (χ3n) is 4.71. The zero-order valence-corrected chi connectivity index (χ0v) is 15.3. The van der Waals surface area contributed by atoms with Crippen LogP contribution < -0.4 is 0 Å². The highest BCUT2D eigenvalue weighted by Crippen LogP contribution is 2.38. The Kier molecular flexibility index (Phi) is 6.62. The molecule has 1 aromatic heterocycles. The topological polar surface area (TPSA) is 73.7 Å². The molecule has 10 heteroatoms. The number of likely N-dealkylation sites (N-methyl/N-ethyl adjacent to an activating group) is 1. The lowest BCUT2D eigenvalue weighted by Crippen LogP contribution is -2.56. The fourth-order valence-corrected chi connectivity index (χ4v) is 4.33. The summed E-state index contributed by atoms with van der Waals surface area (Å²) in [7, 11) is 0. The van der Waals surface area contributed by atoms with Gasteiger partial charge in [0.2, 0.25) is 5.91 Å². The third kappa shape index (κ3) is 4.94. The quantitative estimate of drug-likeness (QED) is 0.855. The first kappa shape index (κ1) is 20.6. The van der Waals surface area contributed by atoms with Crippen LogP contribution >= 0.6 is 11.3 Å². The molecule has 2 saturated heterocycles. The van der Waals surface area contributed by atoms with E-state index in [0.29, 0.717) is 5.91 Å². The van der Waals surface area contributed by atoms with Crippen LogP contribution in [0.5, 0.6) is 0 Å². The van der Waals surface area contributed by atoms with Gasteiger partial charge in [-0.2, -0.15) is 13.2 Å². The number of hydrogen-bond acceptors (Lipinski definition) is 5. The van der Waals surface area contributed by atoms with Gasteiger partial charge in [0.05, 0.1) is 12.1 Å². The number of aromatic nitrogens is 1. The van der Waals surface area contributed by atoms with Crippen LogP contribution in [0.25, 0.3) is 0 Å². The lowest BCUT2D eigenvalue weighted by molar-refractivity contribution is -0.192. The number of amides is 1. The maximum Gasteiger partial charge on any atom is 0.490 e. The van der Waals surface area contributed by atoms with Crippen LogP contribution in [0, 0.1) is 0 Å². The highest BCUT2D eigenvalue weighted by atomic mass is 32.1. The molecule has 1 spiro atoms. The Balaban J connectivity index is 0.000000298. The molecule has 2 aliphatic rings. The minimum Gasteiger partial charge on any atom is -0.475 e. The van der Waals surface area contributed by atoms with Gasteiger partial charge >= 0.3 is 12.1 Å². The van der Waals surface area contributed by atoms with Crippen molar-refractivity contribution in [3.05, 3.63) is 16.6 Å². The van der Waals surface area contributed by atoms with Crippen LogP contribution in [0.4, 0.5) is 13.2 Å². The molecule has 0 radical (unpaired) electrons. The number of piperidine rings is 1. The number of aliphatic carboxylic acids is 1. The van der Waals surface area contributed by atoms with E-state index in [4.69, 9.17) is 9.90 Å². The molecule has 0 aromatic carbocycles. The van der Waals surface area contributed by atoms with Crippen molar-refractivity contribution in [3.63, 3.8) is 0 Å². The fraction of sp³-hybridized carbons (Fsp3) is 0.688. The van der Waals surface area contributed by atoms with Gasteiger partial charge < -0.3 is 10.0 Å². The van der Waals surface area contributed by atoms with Gasteiger partial charge in [-0.1, -0.05) is 0 Å². The summed E-state index contributed by atoms with van der Waals surface area (Å²) in [5, 5.41) is 10.3. The Morgan fingerprint density at radius 1 is 1.42 bits per heavy atom. The van der Waals surface area contributed by atoms with E-state index in [1.165, 1.54) is 17.8 Å². The molecule has 0 saturated carbocycles. The maximum atomic E-state index is 12.0. The first-order valence-corrected chi connectivity index (χ1v) is 9.27. The van der Waals surface area contributed by atoms with Crippen molar-refractivity contribution >= 4 is 23.2 Å². The second-order valence-corrected chi connectivity index (χ2v) is 7.38. The molecular weight excluding hydrogens is 371 g/mol. The van der Waals surface area contributed by atoms with E-state index in [0.717, 1.165) is 39.0 Å². The number of carboxylic acids is 1. The molecule has 0 bridgehead atoms. The number of hydrogen-bond donors (Lipinski definition) is 1. The minimum absolute atomic E-state index is 0.112. The minimum atomic E-state index is -5.08. The first-order valence-electron chi connectivity index (χ1n) is 8.39. The Morgan fingerprint density at radius 3 is 2.65 bits per heavy atom. The summed E-state index contributed by atoms with van der Waals surface area (Å²) in [6.45, 7) is 6.04. The first-order chi connectivity index (χ1) is 12.2. The van der Waals surface area contributed by atoms with Crippen molar-refractivity contribution in [1.29, 1.82) is 0 Å². The molecule has 2 fully saturated rings. The molecule has 1 atom stereocenters. The van der Waals surface area contributed by atoms with E-state index < -0.39 is 12.1 Å². The van der Waals surface area contributed by atoms with Gasteiger partial charge in [0.1, 0.15) is 5.01 Å². The second kappa shape index (κ2) is 8.34. The monoisotopic (exact) mass is 393 g/mol. The van der Waals surface area contributed by atoms with Gasteiger partial charge in [0, 0.05) is 31.1 Å². The Morgan fingerprint density at radius 2 is 2.12 bits per heavy atom. The van der Waals surface area contributed by atoms with E-state index in [1.807, 2.05) is 11.6 Å². The van der Waals surface area contributed by atoms with Gasteiger partial charge in [-0.25, -0.2) is 9.78 Å². The molecule has 3 heterocycles. The van der Waals surface area contributed by atoms with Crippen LogP contribution in [0.15, 0.2) is 11.6 Å². The fourth-order valence-electron chi connectivity index (χ4n) is 3.67. The summed E-state index contributed by atoms with van der Waals surface area (Å²) in [4.78, 5) is 29.9. The number of carbonyl (C=O) groups is 2. The smallest absolute Gasteiger partial charge is 0.475 e. The molecule has 6 nitrogen and oxygen atoms in total. The third-order valence-corrected chi connectivity index (χ3v) is 5.48. The number of thiazole rings is 1. The average Bonchev–Trinajstić information content (AvgIpc) is 3.16. The highest BCUT2D eigenvalue weighted by molar-refractivity contribution is 7.09. The molecule has 2 aliphatic heterocycles. The molecule has 1 unspecified atom stereocenters. The molecule has 1 aromatic rings. The summed E-state index contributed by atoms with van der Waals surface area (Å²) < 4.78 is 31.7. The van der Waals surface area contributed by atoms with Crippen LogP contribution in [0.2, 0.25) is 0 Å². The predicted octanol–water partition coefficient (Wildman–Crippen LogP) is 2.75. The van der Waals surface area contributed by atoms with Gasteiger partial charge in [-0.3, -0.25) is 9.69 Å². The van der Waals surface area contributed by atoms with E-state index in [1.54, 1.807) is 11.3 Å². The highest BCUT2D eigenvalue weighted by Gasteiger charge is 2.46. The van der Waals surface area contributed by atoms with Gasteiger partial charge in [0.25, 0.3) is 0 Å². The maximum absolute atomic E-state index is 12.0. The molecular formula is C16H22F3N3O3S. The van der Waals surface area contributed by atoms with E-state index in [-0.39, 0.29) is 5.54 Å². The van der Waals surface area contributed by atoms with Crippen molar-refractivity contribution in [3.8, 4) is 0 Å². The van der Waals surface area contributed by atoms with Crippen molar-refractivity contribution in [2.75, 3.05) is 19.6 Å². The summed E-state index contributed by atoms with van der Waals surface area (Å²) in [5.41, 5.74) is 0.112. The summed E-state index contributed by atoms with van der Waals surface area (Å²) in [5.74, 6) is -2.41. The zero-order valence-electron chi connectivity index (χ0n) is 14.5. The zero-order chi connectivity index (χ0) is 19.4. The summed E-state index contributed by atoms with van der Waals surface area (Å²) in [6, 6.07) is 0. The van der Waals surface area contributed by atoms with E-state index in [2.05, 4.69) is 21.7 Å². The number of alkyl halides is 3. The Labute approximate surface area is 153 Å². The predicted molar refractivity (Wildman–Crippen MR) is 89.7 cm³/mol. The van der Waals surface area contributed by atoms with Crippen LogP contribution in [0.3, 0.4) is 0 Å². The van der Waals surface area contributed by atoms with Gasteiger partial charge in [0.15, 0.2) is 0 Å². The number of carboxylic acid groups (broad SMARTS) is 1. The normalized spacial score (nSPS) is 23.8. The molecule has 146 valence electrons. The standard InChI is InChI=1S/C14H21N3OS.C2HF3O2/c1-2-17-13(18)4-6-14(17)5-3-8-16(11-14)10-12-15-7-9-19-12;3-2(4,5)1(6)7/h7,9H,2-6,8,10-11H2,1H3;(H,6,7). The number of halogens is 3. The Bertz CT molecular complexity index is 624. The summed E-state index contributed by atoms with van der Waals surface area (Å²) in [6.07, 6.45) is 0.917. The molecule has 0 aliphatic carbocycles. The van der Waals surface area contributed by atoms with Crippen LogP contribution in [-0.4, -0.2) is 63.1 Å². The molecule has 3 rings (SSSR count). The molecule has 1 amide bonds. The van der Waals surface area contributed by atoms with E-state index in [9.17, 15) is 18.0 Å². The average molecular weight is 393 g/mol. The SMILES string of the molecule is CCN1C(=O)CCC12CCCN(Cc1nccs1)C2.O=C(O)C(F)(F)F. The van der Waals surface area contributed by atoms with Crippen molar-refractivity contribution in [2.45, 2.75) is 50.9 Å². The van der Waals surface area contributed by atoms with Crippen molar-refractivity contribution in [1.82, 2.24) is 14.8 Å². The summed E-state index contributed by atoms with van der Waals surface area (Å²) >= 11 is 1.72.